The molecule has 26 heavy (non-hydrogen) atoms. The van der Waals surface area contributed by atoms with E-state index < -0.39 is 0 Å². The summed E-state index contributed by atoms with van der Waals surface area (Å²) in [6, 6.07) is 14.3. The second kappa shape index (κ2) is 6.12. The van der Waals surface area contributed by atoms with Gasteiger partial charge in [-0.3, -0.25) is 9.99 Å². The van der Waals surface area contributed by atoms with Gasteiger partial charge >= 0.3 is 0 Å². The van der Waals surface area contributed by atoms with Crippen molar-refractivity contribution in [3.63, 3.8) is 0 Å². The lowest BCUT2D eigenvalue weighted by molar-refractivity contribution is 0.198. The predicted molar refractivity (Wildman–Crippen MR) is 102 cm³/mol. The molecule has 0 saturated carbocycles. The number of β-amino-alcohol motifs (C(OH)–C–C–N with tert-alkyl or cyclic N) is 1. The molecule has 2 aliphatic heterocycles. The van der Waals surface area contributed by atoms with Crippen LogP contribution in [-0.4, -0.2) is 34.3 Å². The van der Waals surface area contributed by atoms with Crippen LogP contribution in [0.4, 0.5) is 17.3 Å². The van der Waals surface area contributed by atoms with E-state index >= 15 is 0 Å². The quantitative estimate of drug-likeness (QED) is 0.669. The molecule has 2 aliphatic rings. The third kappa shape index (κ3) is 2.71. The molecule has 1 saturated heterocycles. The minimum Gasteiger partial charge on any atom is -0.391 e. The second-order valence-corrected chi connectivity index (χ2v) is 6.78. The maximum absolute atomic E-state index is 9.78. The third-order valence-electron chi connectivity index (χ3n) is 4.94. The molecule has 5 rings (SSSR count). The number of benzene rings is 1. The molecule has 1 aromatic carbocycles. The van der Waals surface area contributed by atoms with Crippen LogP contribution in [-0.2, 0) is 6.54 Å². The normalized spacial score (nSPS) is 19.0. The summed E-state index contributed by atoms with van der Waals surface area (Å²) in [5.41, 5.74) is 9.48. The number of fused-ring (bicyclic) bond motifs is 2. The van der Waals surface area contributed by atoms with Crippen molar-refractivity contribution in [3.05, 3.63) is 54.2 Å². The maximum atomic E-state index is 9.78. The highest BCUT2D eigenvalue weighted by Crippen LogP contribution is 2.31. The van der Waals surface area contributed by atoms with Crippen molar-refractivity contribution in [3.8, 4) is 0 Å². The Kier molecular flexibility index (Phi) is 3.62. The fourth-order valence-corrected chi connectivity index (χ4v) is 3.57. The van der Waals surface area contributed by atoms with Crippen LogP contribution in [0.15, 0.2) is 48.7 Å². The lowest BCUT2D eigenvalue weighted by Gasteiger charge is -2.20. The van der Waals surface area contributed by atoms with Crippen LogP contribution < -0.4 is 20.9 Å². The van der Waals surface area contributed by atoms with E-state index in [0.717, 1.165) is 41.2 Å². The number of hydrogen-bond donors (Lipinski definition) is 3. The molecule has 0 radical (unpaired) electrons. The van der Waals surface area contributed by atoms with Crippen molar-refractivity contribution in [2.45, 2.75) is 19.1 Å². The highest BCUT2D eigenvalue weighted by molar-refractivity contribution is 5.79. The van der Waals surface area contributed by atoms with Gasteiger partial charge in [0.15, 0.2) is 5.82 Å². The molecule has 132 valence electrons. The number of aliphatic hydroxyl groups excluding tert-OH is 1. The van der Waals surface area contributed by atoms with Crippen LogP contribution in [0.5, 0.6) is 0 Å². The van der Waals surface area contributed by atoms with E-state index in [1.807, 2.05) is 35.5 Å². The van der Waals surface area contributed by atoms with Gasteiger partial charge in [0.25, 0.3) is 0 Å². The van der Waals surface area contributed by atoms with E-state index in [9.17, 15) is 5.11 Å². The number of anilines is 3. The number of pyridine rings is 2. The van der Waals surface area contributed by atoms with Crippen LogP contribution in [0.1, 0.15) is 12.0 Å². The van der Waals surface area contributed by atoms with E-state index in [2.05, 4.69) is 39.0 Å². The molecular weight excluding hydrogens is 328 g/mol. The monoisotopic (exact) mass is 348 g/mol. The topological polar surface area (TPSA) is 76.5 Å². The molecule has 0 amide bonds. The number of nitrogens with one attached hydrogen (secondary N) is 2. The van der Waals surface area contributed by atoms with Gasteiger partial charge in [0.2, 0.25) is 0 Å². The van der Waals surface area contributed by atoms with Crippen molar-refractivity contribution in [1.29, 1.82) is 0 Å². The minimum absolute atomic E-state index is 0.261. The van der Waals surface area contributed by atoms with Crippen LogP contribution in [0, 0.1) is 0 Å². The van der Waals surface area contributed by atoms with E-state index in [1.165, 1.54) is 5.56 Å². The van der Waals surface area contributed by atoms with Gasteiger partial charge in [-0.1, -0.05) is 12.1 Å². The van der Waals surface area contributed by atoms with E-state index in [1.54, 1.807) is 0 Å². The summed E-state index contributed by atoms with van der Waals surface area (Å²) in [5, 5.41) is 12.9. The van der Waals surface area contributed by atoms with Crippen molar-refractivity contribution in [2.75, 3.05) is 28.4 Å². The van der Waals surface area contributed by atoms with Gasteiger partial charge in [-0.05, 0) is 42.3 Å². The van der Waals surface area contributed by atoms with Gasteiger partial charge in [0, 0.05) is 24.7 Å². The minimum atomic E-state index is -0.261. The van der Waals surface area contributed by atoms with Crippen molar-refractivity contribution in [1.82, 2.24) is 15.5 Å². The van der Waals surface area contributed by atoms with Gasteiger partial charge in [0.1, 0.15) is 5.82 Å². The first kappa shape index (κ1) is 15.4. The van der Waals surface area contributed by atoms with Crippen LogP contribution in [0.3, 0.4) is 0 Å². The zero-order valence-electron chi connectivity index (χ0n) is 14.3. The Labute approximate surface area is 151 Å². The first-order chi connectivity index (χ1) is 12.8. The lowest BCUT2D eigenvalue weighted by Crippen LogP contribution is -2.35. The molecule has 3 aromatic rings. The summed E-state index contributed by atoms with van der Waals surface area (Å²) >= 11 is 0. The first-order valence-corrected chi connectivity index (χ1v) is 8.83. The number of hydrazine groups is 2. The molecule has 7 heteroatoms. The summed E-state index contributed by atoms with van der Waals surface area (Å²) in [4.78, 5) is 11.3. The largest absolute Gasteiger partial charge is 0.391 e. The van der Waals surface area contributed by atoms with E-state index in [4.69, 9.17) is 4.98 Å². The van der Waals surface area contributed by atoms with Gasteiger partial charge in [-0.2, -0.15) is 0 Å². The van der Waals surface area contributed by atoms with Crippen molar-refractivity contribution < 1.29 is 5.11 Å². The second-order valence-electron chi connectivity index (χ2n) is 6.78. The number of aliphatic hydroxyl groups is 1. The molecule has 7 nitrogen and oxygen atoms in total. The molecule has 4 heterocycles. The van der Waals surface area contributed by atoms with Gasteiger partial charge in [-0.15, -0.1) is 5.53 Å². The van der Waals surface area contributed by atoms with Crippen LogP contribution in [0.2, 0.25) is 0 Å². The van der Waals surface area contributed by atoms with Gasteiger partial charge in [0.05, 0.1) is 23.9 Å². The maximum Gasteiger partial charge on any atom is 0.171 e. The Balaban J connectivity index is 1.41. The number of rotatable bonds is 3. The molecule has 3 N–H and O–H groups in total. The zero-order valence-corrected chi connectivity index (χ0v) is 14.3. The summed E-state index contributed by atoms with van der Waals surface area (Å²) in [6.07, 6.45) is 2.35. The standard InChI is InChI=1S/C19H20N6O/c26-15-7-9-24(12-15)18-6-5-17-19(21-18)25(23-22-17)11-13-3-4-16-14(10-13)2-1-8-20-16/h1-6,8,10,15,22-23,26H,7,9,11-12H2. The Hall–Kier alpha value is -2.90. The van der Waals surface area contributed by atoms with Gasteiger partial charge < -0.3 is 15.4 Å². The molecule has 0 spiro atoms. The fourth-order valence-electron chi connectivity index (χ4n) is 3.57. The lowest BCUT2D eigenvalue weighted by atomic mass is 10.1. The Morgan fingerprint density at radius 3 is 3.04 bits per heavy atom. The van der Waals surface area contributed by atoms with E-state index in [0.29, 0.717) is 13.1 Å². The van der Waals surface area contributed by atoms with Gasteiger partial charge in [-0.25, -0.2) is 4.98 Å². The zero-order chi connectivity index (χ0) is 17.5. The molecule has 2 aromatic heterocycles. The average molecular weight is 348 g/mol. The van der Waals surface area contributed by atoms with Crippen LogP contribution in [0.25, 0.3) is 10.9 Å². The third-order valence-corrected chi connectivity index (χ3v) is 4.94. The molecular formula is C19H20N6O. The number of aromatic nitrogens is 2. The molecule has 1 unspecified atom stereocenters. The first-order valence-electron chi connectivity index (χ1n) is 8.83. The molecule has 1 fully saturated rings. The van der Waals surface area contributed by atoms with Crippen LogP contribution >= 0.6 is 0 Å². The summed E-state index contributed by atoms with van der Waals surface area (Å²) in [5.74, 6) is 1.77. The number of nitrogens with zero attached hydrogens (tertiary/aromatic N) is 4. The van der Waals surface area contributed by atoms with Crippen molar-refractivity contribution in [2.24, 2.45) is 0 Å². The molecule has 0 aliphatic carbocycles. The predicted octanol–water partition coefficient (Wildman–Crippen LogP) is 2.05. The molecule has 1 atom stereocenters. The Morgan fingerprint density at radius 1 is 1.19 bits per heavy atom. The highest BCUT2D eigenvalue weighted by Gasteiger charge is 2.25. The average Bonchev–Trinajstić information content (AvgIpc) is 3.28. The highest BCUT2D eigenvalue weighted by atomic mass is 16.3. The summed E-state index contributed by atoms with van der Waals surface area (Å²) in [6.45, 7) is 2.17. The Bertz CT molecular complexity index is 962. The van der Waals surface area contributed by atoms with Crippen molar-refractivity contribution >= 4 is 28.2 Å². The fraction of sp³-hybridized carbons (Fsp3) is 0.263. The summed E-state index contributed by atoms with van der Waals surface area (Å²) in [7, 11) is 0. The SMILES string of the molecule is OC1CCN(c2ccc3c(n2)N(Cc2ccc4ncccc4c2)NN3)C1. The molecule has 0 bridgehead atoms. The van der Waals surface area contributed by atoms with E-state index in [-0.39, 0.29) is 6.10 Å². The summed E-state index contributed by atoms with van der Waals surface area (Å²) < 4.78 is 0. The number of hydrogen-bond acceptors (Lipinski definition) is 7. The smallest absolute Gasteiger partial charge is 0.171 e. The Morgan fingerprint density at radius 2 is 2.15 bits per heavy atom.